The third-order valence-electron chi connectivity index (χ3n) is 5.56. The standard InChI is InChI=1S/C24H28N2O5/c1-4-16(2)18-9-5-7-11-20(18)26-14-17(13-23(26)28)24(29)31-15-22(27)25-19-10-6-8-12-21(19)30-3/h5-12,16-17H,4,13-15H2,1-3H3,(H,25,27)/t16-,17+/m0/s1. The second-order valence-electron chi connectivity index (χ2n) is 7.63. The largest absolute Gasteiger partial charge is 0.495 e. The molecule has 1 aliphatic rings. The topological polar surface area (TPSA) is 84.9 Å². The zero-order valence-electron chi connectivity index (χ0n) is 18.1. The van der Waals surface area contributed by atoms with Crippen LogP contribution in [0.2, 0.25) is 0 Å². The van der Waals surface area contributed by atoms with Gasteiger partial charge < -0.3 is 19.7 Å². The van der Waals surface area contributed by atoms with E-state index in [9.17, 15) is 14.4 Å². The summed E-state index contributed by atoms with van der Waals surface area (Å²) in [4.78, 5) is 39.0. The van der Waals surface area contributed by atoms with Crippen LogP contribution in [-0.4, -0.2) is 38.0 Å². The average Bonchev–Trinajstić information content (AvgIpc) is 3.18. The minimum absolute atomic E-state index is 0.0712. The molecule has 0 aromatic heterocycles. The third kappa shape index (κ3) is 5.23. The van der Waals surface area contributed by atoms with Crippen molar-refractivity contribution in [1.29, 1.82) is 0 Å². The number of carbonyl (C=O) groups excluding carboxylic acids is 3. The second-order valence-corrected chi connectivity index (χ2v) is 7.63. The van der Waals surface area contributed by atoms with Gasteiger partial charge in [0.15, 0.2) is 6.61 Å². The summed E-state index contributed by atoms with van der Waals surface area (Å²) in [5, 5.41) is 2.66. The van der Waals surface area contributed by atoms with Gasteiger partial charge in [0.25, 0.3) is 5.91 Å². The van der Waals surface area contributed by atoms with Gasteiger partial charge in [0.1, 0.15) is 5.75 Å². The predicted molar refractivity (Wildman–Crippen MR) is 118 cm³/mol. The molecule has 31 heavy (non-hydrogen) atoms. The normalized spacial score (nSPS) is 16.7. The summed E-state index contributed by atoms with van der Waals surface area (Å²) in [5.41, 5.74) is 2.42. The molecule has 164 valence electrons. The molecular weight excluding hydrogens is 396 g/mol. The van der Waals surface area contributed by atoms with E-state index >= 15 is 0 Å². The highest BCUT2D eigenvalue weighted by molar-refractivity contribution is 6.00. The molecule has 0 spiro atoms. The van der Waals surface area contributed by atoms with E-state index in [-0.39, 0.29) is 18.9 Å². The van der Waals surface area contributed by atoms with Crippen LogP contribution in [-0.2, 0) is 19.1 Å². The summed E-state index contributed by atoms with van der Waals surface area (Å²) in [6.07, 6.45) is 1.02. The quantitative estimate of drug-likeness (QED) is 0.653. The van der Waals surface area contributed by atoms with Gasteiger partial charge in [-0.2, -0.15) is 0 Å². The first-order chi connectivity index (χ1) is 14.9. The van der Waals surface area contributed by atoms with Crippen LogP contribution >= 0.6 is 0 Å². The number of rotatable bonds is 8. The Morgan fingerprint density at radius 3 is 2.61 bits per heavy atom. The van der Waals surface area contributed by atoms with E-state index in [1.54, 1.807) is 29.2 Å². The van der Waals surface area contributed by atoms with Crippen molar-refractivity contribution in [3.05, 3.63) is 54.1 Å². The van der Waals surface area contributed by atoms with E-state index in [2.05, 4.69) is 19.2 Å². The van der Waals surface area contributed by atoms with Gasteiger partial charge in [-0.05, 0) is 36.1 Å². The van der Waals surface area contributed by atoms with E-state index in [1.807, 2.05) is 24.3 Å². The maximum atomic E-state index is 12.6. The van der Waals surface area contributed by atoms with Crippen LogP contribution in [0, 0.1) is 5.92 Å². The number of ether oxygens (including phenoxy) is 2. The van der Waals surface area contributed by atoms with Gasteiger partial charge in [-0.15, -0.1) is 0 Å². The summed E-state index contributed by atoms with van der Waals surface area (Å²) in [6.45, 7) is 4.04. The minimum Gasteiger partial charge on any atom is -0.495 e. The Hall–Kier alpha value is -3.35. The average molecular weight is 424 g/mol. The van der Waals surface area contributed by atoms with Gasteiger partial charge >= 0.3 is 5.97 Å². The Labute approximate surface area is 182 Å². The van der Waals surface area contributed by atoms with Crippen molar-refractivity contribution < 1.29 is 23.9 Å². The number of methoxy groups -OCH3 is 1. The lowest BCUT2D eigenvalue weighted by atomic mass is 9.96. The molecule has 0 bridgehead atoms. The monoisotopic (exact) mass is 424 g/mol. The van der Waals surface area contributed by atoms with Gasteiger partial charge in [0.2, 0.25) is 5.91 Å². The van der Waals surface area contributed by atoms with Crippen LogP contribution in [0.5, 0.6) is 5.75 Å². The third-order valence-corrected chi connectivity index (χ3v) is 5.56. The lowest BCUT2D eigenvalue weighted by Crippen LogP contribution is -2.29. The number of para-hydroxylation sites is 3. The minimum atomic E-state index is -0.600. The zero-order chi connectivity index (χ0) is 22.4. The zero-order valence-corrected chi connectivity index (χ0v) is 18.1. The molecule has 0 radical (unpaired) electrons. The molecule has 2 atom stereocenters. The van der Waals surface area contributed by atoms with Gasteiger partial charge in [0.05, 0.1) is 18.7 Å². The summed E-state index contributed by atoms with van der Waals surface area (Å²) >= 11 is 0. The van der Waals surface area contributed by atoms with Crippen molar-refractivity contribution in [2.24, 2.45) is 5.92 Å². The molecule has 7 nitrogen and oxygen atoms in total. The first-order valence-corrected chi connectivity index (χ1v) is 10.4. The maximum absolute atomic E-state index is 12.6. The number of carbonyl (C=O) groups is 3. The van der Waals surface area contributed by atoms with Gasteiger partial charge in [-0.25, -0.2) is 0 Å². The van der Waals surface area contributed by atoms with Gasteiger partial charge in [-0.3, -0.25) is 14.4 Å². The van der Waals surface area contributed by atoms with Crippen molar-refractivity contribution >= 4 is 29.2 Å². The molecule has 0 unspecified atom stereocenters. The molecule has 2 amide bonds. The highest BCUT2D eigenvalue weighted by Gasteiger charge is 2.37. The molecule has 7 heteroatoms. The van der Waals surface area contributed by atoms with E-state index in [1.165, 1.54) is 7.11 Å². The number of hydrogen-bond acceptors (Lipinski definition) is 5. The molecule has 0 saturated carbocycles. The first kappa shape index (κ1) is 22.3. The fourth-order valence-corrected chi connectivity index (χ4v) is 3.66. The van der Waals surface area contributed by atoms with E-state index in [4.69, 9.17) is 9.47 Å². The van der Waals surface area contributed by atoms with Crippen molar-refractivity contribution in [1.82, 2.24) is 0 Å². The molecule has 2 aromatic rings. The smallest absolute Gasteiger partial charge is 0.311 e. The van der Waals surface area contributed by atoms with Gasteiger partial charge in [0, 0.05) is 18.7 Å². The maximum Gasteiger partial charge on any atom is 0.311 e. The van der Waals surface area contributed by atoms with Crippen molar-refractivity contribution in [3.8, 4) is 5.75 Å². The molecule has 0 aliphatic carbocycles. The van der Waals surface area contributed by atoms with Crippen molar-refractivity contribution in [2.45, 2.75) is 32.6 Å². The fourth-order valence-electron chi connectivity index (χ4n) is 3.66. The molecule has 2 aromatic carbocycles. The number of amides is 2. The first-order valence-electron chi connectivity index (χ1n) is 10.4. The number of anilines is 2. The molecule has 1 N–H and O–H groups in total. The van der Waals surface area contributed by atoms with Crippen LogP contribution < -0.4 is 15.0 Å². The van der Waals surface area contributed by atoms with Crippen LogP contribution in [0.15, 0.2) is 48.5 Å². The van der Waals surface area contributed by atoms with E-state index in [0.29, 0.717) is 17.4 Å². The summed E-state index contributed by atoms with van der Waals surface area (Å²) in [5.74, 6) is -0.922. The van der Waals surface area contributed by atoms with Crippen LogP contribution in [0.4, 0.5) is 11.4 Å². The fraction of sp³-hybridized carbons (Fsp3) is 0.375. The summed E-state index contributed by atoms with van der Waals surface area (Å²) in [6, 6.07) is 14.7. The highest BCUT2D eigenvalue weighted by Crippen LogP contribution is 2.33. The predicted octanol–water partition coefficient (Wildman–Crippen LogP) is 3.74. The second kappa shape index (κ2) is 10.1. The van der Waals surface area contributed by atoms with E-state index in [0.717, 1.165) is 17.7 Å². The summed E-state index contributed by atoms with van der Waals surface area (Å²) in [7, 11) is 1.51. The van der Waals surface area contributed by atoms with Crippen LogP contribution in [0.3, 0.4) is 0 Å². The number of nitrogens with one attached hydrogen (secondary N) is 1. The Morgan fingerprint density at radius 2 is 1.87 bits per heavy atom. The molecule has 1 aliphatic heterocycles. The number of benzene rings is 2. The molecular formula is C24H28N2O5. The van der Waals surface area contributed by atoms with Gasteiger partial charge in [-0.1, -0.05) is 44.2 Å². The van der Waals surface area contributed by atoms with Crippen LogP contribution in [0.25, 0.3) is 0 Å². The number of esters is 1. The summed E-state index contributed by atoms with van der Waals surface area (Å²) < 4.78 is 10.4. The Balaban J connectivity index is 1.59. The Bertz CT molecular complexity index is 958. The lowest BCUT2D eigenvalue weighted by Gasteiger charge is -2.23. The molecule has 1 heterocycles. The van der Waals surface area contributed by atoms with Crippen LogP contribution in [0.1, 0.15) is 38.2 Å². The molecule has 3 rings (SSSR count). The lowest BCUT2D eigenvalue weighted by molar-refractivity contribution is -0.151. The number of nitrogens with zero attached hydrogens (tertiary/aromatic N) is 1. The highest BCUT2D eigenvalue weighted by atomic mass is 16.5. The Morgan fingerprint density at radius 1 is 1.16 bits per heavy atom. The molecule has 1 saturated heterocycles. The SMILES string of the molecule is CC[C@H](C)c1ccccc1N1C[C@H](C(=O)OCC(=O)Nc2ccccc2OC)CC1=O. The van der Waals surface area contributed by atoms with Crippen molar-refractivity contribution in [2.75, 3.05) is 30.5 Å². The number of hydrogen-bond donors (Lipinski definition) is 1. The van der Waals surface area contributed by atoms with Crippen molar-refractivity contribution in [3.63, 3.8) is 0 Å². The van der Waals surface area contributed by atoms with E-state index < -0.39 is 24.4 Å². The molecule has 1 fully saturated rings. The Kier molecular flexibility index (Phi) is 7.28.